The van der Waals surface area contributed by atoms with Gasteiger partial charge in [0, 0.05) is 18.3 Å². The Hall–Kier alpha value is -2.04. The number of hydrogen-bond acceptors (Lipinski definition) is 2. The molecule has 0 saturated heterocycles. The van der Waals surface area contributed by atoms with Crippen molar-refractivity contribution >= 4 is 17.7 Å². The van der Waals surface area contributed by atoms with Crippen LogP contribution in [0, 0.1) is 12.8 Å². The Morgan fingerprint density at radius 2 is 2.00 bits per heavy atom. The summed E-state index contributed by atoms with van der Waals surface area (Å²) in [7, 11) is 0. The highest BCUT2D eigenvalue weighted by Gasteiger charge is 2.36. The van der Waals surface area contributed by atoms with E-state index in [0.717, 1.165) is 19.4 Å². The molecule has 5 heteroatoms. The third-order valence-electron chi connectivity index (χ3n) is 4.11. The molecule has 21 heavy (non-hydrogen) atoms. The minimum Gasteiger partial charge on any atom is -0.478 e. The molecule has 0 unspecified atom stereocenters. The summed E-state index contributed by atoms with van der Waals surface area (Å²) in [6.07, 6.45) is 4.64. The minimum absolute atomic E-state index is 0.0631. The molecule has 5 nitrogen and oxygen atoms in total. The van der Waals surface area contributed by atoms with Gasteiger partial charge in [0.25, 0.3) is 0 Å². The second-order valence-corrected chi connectivity index (χ2v) is 6.09. The van der Waals surface area contributed by atoms with Crippen LogP contribution in [0.15, 0.2) is 18.2 Å². The molecule has 1 aromatic rings. The number of carboxylic acid groups (broad SMARTS) is 1. The quantitative estimate of drug-likeness (QED) is 0.874. The molecule has 2 saturated carbocycles. The van der Waals surface area contributed by atoms with Gasteiger partial charge in [-0.15, -0.1) is 0 Å². The van der Waals surface area contributed by atoms with E-state index >= 15 is 0 Å². The number of nitrogens with zero attached hydrogens (tertiary/aromatic N) is 1. The number of nitrogens with one attached hydrogen (secondary N) is 1. The summed E-state index contributed by atoms with van der Waals surface area (Å²) < 4.78 is 0. The molecule has 2 aliphatic carbocycles. The van der Waals surface area contributed by atoms with E-state index in [1.54, 1.807) is 19.1 Å². The van der Waals surface area contributed by atoms with E-state index in [9.17, 15) is 9.59 Å². The Labute approximate surface area is 123 Å². The maximum atomic E-state index is 12.4. The summed E-state index contributed by atoms with van der Waals surface area (Å²) in [5, 5.41) is 11.9. The van der Waals surface area contributed by atoms with Crippen molar-refractivity contribution in [1.29, 1.82) is 0 Å². The number of benzene rings is 1. The Kier molecular flexibility index (Phi) is 3.57. The summed E-state index contributed by atoms with van der Waals surface area (Å²) in [6.45, 7) is 2.59. The molecular formula is C16H20N2O3. The molecule has 0 aliphatic heterocycles. The molecule has 2 N–H and O–H groups in total. The van der Waals surface area contributed by atoms with E-state index in [-0.39, 0.29) is 11.6 Å². The van der Waals surface area contributed by atoms with E-state index in [0.29, 0.717) is 23.2 Å². The fourth-order valence-corrected chi connectivity index (χ4v) is 2.54. The fourth-order valence-electron chi connectivity index (χ4n) is 2.54. The van der Waals surface area contributed by atoms with Gasteiger partial charge in [-0.25, -0.2) is 9.59 Å². The van der Waals surface area contributed by atoms with Crippen LogP contribution in [0.1, 0.15) is 41.6 Å². The van der Waals surface area contributed by atoms with E-state index in [1.807, 2.05) is 4.90 Å². The Bertz CT molecular complexity index is 577. The number of rotatable bonds is 5. The molecule has 0 bridgehead atoms. The van der Waals surface area contributed by atoms with Crippen molar-refractivity contribution in [3.05, 3.63) is 29.3 Å². The zero-order valence-corrected chi connectivity index (χ0v) is 12.1. The molecule has 2 aliphatic rings. The van der Waals surface area contributed by atoms with Crippen molar-refractivity contribution < 1.29 is 14.7 Å². The van der Waals surface area contributed by atoms with Crippen LogP contribution in [0.5, 0.6) is 0 Å². The Morgan fingerprint density at radius 3 is 2.52 bits per heavy atom. The number of urea groups is 1. The molecule has 0 aromatic heterocycles. The predicted molar refractivity (Wildman–Crippen MR) is 79.6 cm³/mol. The lowest BCUT2D eigenvalue weighted by Gasteiger charge is -2.23. The lowest BCUT2D eigenvalue weighted by Crippen LogP contribution is -2.38. The highest BCUT2D eigenvalue weighted by Crippen LogP contribution is 2.35. The number of hydrogen-bond donors (Lipinski definition) is 2. The van der Waals surface area contributed by atoms with Gasteiger partial charge in [-0.1, -0.05) is 0 Å². The van der Waals surface area contributed by atoms with Gasteiger partial charge in [0.05, 0.1) is 5.56 Å². The van der Waals surface area contributed by atoms with Gasteiger partial charge in [-0.05, 0) is 62.3 Å². The Balaban J connectivity index is 1.68. The third-order valence-corrected chi connectivity index (χ3v) is 4.11. The normalized spacial score (nSPS) is 17.4. The standard InChI is InChI=1S/C16H20N2O3/c1-10-8-12(4-7-14(10)15(19)20)17-16(21)18(13-5-6-13)9-11-2-3-11/h4,7-8,11,13H,2-3,5-6,9H2,1H3,(H,17,21)(H,19,20). The predicted octanol–water partition coefficient (Wildman–Crippen LogP) is 3.10. The van der Waals surface area contributed by atoms with Gasteiger partial charge >= 0.3 is 12.0 Å². The van der Waals surface area contributed by atoms with Crippen molar-refractivity contribution in [2.24, 2.45) is 5.92 Å². The molecule has 0 atom stereocenters. The van der Waals surface area contributed by atoms with Crippen LogP contribution in [0.25, 0.3) is 0 Å². The average molecular weight is 288 g/mol. The van der Waals surface area contributed by atoms with Crippen molar-refractivity contribution in [2.45, 2.75) is 38.6 Å². The zero-order valence-electron chi connectivity index (χ0n) is 12.1. The lowest BCUT2D eigenvalue weighted by molar-refractivity contribution is 0.0696. The first-order chi connectivity index (χ1) is 10.0. The van der Waals surface area contributed by atoms with Crippen molar-refractivity contribution in [1.82, 2.24) is 4.90 Å². The smallest absolute Gasteiger partial charge is 0.335 e. The number of anilines is 1. The number of amides is 2. The molecule has 0 spiro atoms. The van der Waals surface area contributed by atoms with Crippen LogP contribution >= 0.6 is 0 Å². The van der Waals surface area contributed by atoms with E-state index < -0.39 is 5.97 Å². The monoisotopic (exact) mass is 288 g/mol. The number of carbonyl (C=O) groups excluding carboxylic acids is 1. The summed E-state index contributed by atoms with van der Waals surface area (Å²) in [6, 6.07) is 5.23. The number of carboxylic acids is 1. The van der Waals surface area contributed by atoms with Gasteiger partial charge in [0.1, 0.15) is 0 Å². The van der Waals surface area contributed by atoms with Gasteiger partial charge in [0.15, 0.2) is 0 Å². The summed E-state index contributed by atoms with van der Waals surface area (Å²) in [5.74, 6) is -0.272. The highest BCUT2D eigenvalue weighted by molar-refractivity contribution is 5.93. The van der Waals surface area contributed by atoms with Crippen LogP contribution in [0.2, 0.25) is 0 Å². The maximum Gasteiger partial charge on any atom is 0.335 e. The largest absolute Gasteiger partial charge is 0.478 e. The molecule has 1 aromatic carbocycles. The van der Waals surface area contributed by atoms with Crippen molar-refractivity contribution in [3.8, 4) is 0 Å². The number of aryl methyl sites for hydroxylation is 1. The number of aromatic carboxylic acids is 1. The molecular weight excluding hydrogens is 268 g/mol. The molecule has 0 radical (unpaired) electrons. The van der Waals surface area contributed by atoms with Crippen molar-refractivity contribution in [2.75, 3.05) is 11.9 Å². The van der Waals surface area contributed by atoms with Gasteiger partial charge in [0.2, 0.25) is 0 Å². The second-order valence-electron chi connectivity index (χ2n) is 6.09. The first kappa shape index (κ1) is 13.9. The number of carbonyl (C=O) groups is 2. The molecule has 0 heterocycles. The molecule has 2 fully saturated rings. The first-order valence-electron chi connectivity index (χ1n) is 7.46. The fraction of sp³-hybridized carbons (Fsp3) is 0.500. The lowest BCUT2D eigenvalue weighted by atomic mass is 10.1. The molecule has 2 amide bonds. The zero-order chi connectivity index (χ0) is 15.0. The summed E-state index contributed by atoms with van der Waals surface area (Å²) in [5.41, 5.74) is 1.58. The van der Waals surface area contributed by atoms with Crippen LogP contribution in [-0.4, -0.2) is 34.6 Å². The molecule has 112 valence electrons. The third kappa shape index (κ3) is 3.35. The van der Waals surface area contributed by atoms with Crippen LogP contribution in [0.3, 0.4) is 0 Å². The van der Waals surface area contributed by atoms with Gasteiger partial charge in [-0.2, -0.15) is 0 Å². The van der Waals surface area contributed by atoms with Crippen LogP contribution in [0.4, 0.5) is 10.5 Å². The SMILES string of the molecule is Cc1cc(NC(=O)N(CC2CC2)C2CC2)ccc1C(=O)O. The minimum atomic E-state index is -0.946. The van der Waals surface area contributed by atoms with Crippen LogP contribution in [-0.2, 0) is 0 Å². The van der Waals surface area contributed by atoms with Crippen molar-refractivity contribution in [3.63, 3.8) is 0 Å². The highest BCUT2D eigenvalue weighted by atomic mass is 16.4. The maximum absolute atomic E-state index is 12.4. The van der Waals surface area contributed by atoms with E-state index in [1.165, 1.54) is 18.9 Å². The Morgan fingerprint density at radius 1 is 1.29 bits per heavy atom. The van der Waals surface area contributed by atoms with Gasteiger partial charge < -0.3 is 15.3 Å². The molecule has 3 rings (SSSR count). The average Bonchev–Trinajstić information content (AvgIpc) is 3.28. The van der Waals surface area contributed by atoms with E-state index in [2.05, 4.69) is 5.32 Å². The topological polar surface area (TPSA) is 69.6 Å². The second kappa shape index (κ2) is 5.39. The van der Waals surface area contributed by atoms with E-state index in [4.69, 9.17) is 5.11 Å². The summed E-state index contributed by atoms with van der Waals surface area (Å²) >= 11 is 0. The first-order valence-corrected chi connectivity index (χ1v) is 7.46. The summed E-state index contributed by atoms with van der Waals surface area (Å²) in [4.78, 5) is 25.3. The van der Waals surface area contributed by atoms with Gasteiger partial charge in [-0.3, -0.25) is 0 Å². The van der Waals surface area contributed by atoms with Crippen LogP contribution < -0.4 is 5.32 Å².